The Hall–Kier alpha value is 0.720. The van der Waals surface area contributed by atoms with Crippen LogP contribution in [-0.4, -0.2) is 12.8 Å². The van der Waals surface area contributed by atoms with Gasteiger partial charge in [-0.05, 0) is 15.9 Å². The van der Waals surface area contributed by atoms with Gasteiger partial charge in [-0.3, -0.25) is 4.79 Å². The van der Waals surface area contributed by atoms with Gasteiger partial charge >= 0.3 is 0 Å². The lowest BCUT2D eigenvalue weighted by atomic mass is 10.1. The third-order valence-electron chi connectivity index (χ3n) is 1.89. The number of hydrogen-bond acceptors (Lipinski definition) is 1. The molecule has 1 atom stereocenters. The molecule has 0 aromatic heterocycles. The summed E-state index contributed by atoms with van der Waals surface area (Å²) in [7, 11) is 0. The zero-order valence-electron chi connectivity index (χ0n) is 7.89. The van der Waals surface area contributed by atoms with Crippen LogP contribution in [-0.2, 0) is 0 Å². The highest BCUT2D eigenvalue weighted by atomic mass is 79.9. The number of carbonyl (C=O) groups excluding carboxylic acids is 1. The van der Waals surface area contributed by atoms with Crippen LogP contribution < -0.4 is 0 Å². The van der Waals surface area contributed by atoms with Gasteiger partial charge in [0.25, 0.3) is 0 Å². The average molecular weight is 409 g/mol. The van der Waals surface area contributed by atoms with Crippen LogP contribution in [0.25, 0.3) is 0 Å². The lowest BCUT2D eigenvalue weighted by Crippen LogP contribution is -2.32. The van der Waals surface area contributed by atoms with Crippen LogP contribution in [0.2, 0.25) is 0 Å². The molecule has 1 aromatic carbocycles. The maximum absolute atomic E-state index is 11.9. The number of halogens is 5. The fourth-order valence-electron chi connectivity index (χ4n) is 1.03. The highest BCUT2D eigenvalue weighted by Crippen LogP contribution is 2.51. The monoisotopic (exact) mass is 406 g/mol. The Morgan fingerprint density at radius 3 is 2.06 bits per heavy atom. The van der Waals surface area contributed by atoms with Crippen molar-refractivity contribution in [3.63, 3.8) is 0 Å². The molecule has 0 N–H and O–H groups in total. The summed E-state index contributed by atoms with van der Waals surface area (Å²) in [6.45, 7) is 0. The van der Waals surface area contributed by atoms with Crippen molar-refractivity contribution in [3.8, 4) is 0 Å². The van der Waals surface area contributed by atoms with Crippen molar-refractivity contribution in [2.75, 3.05) is 0 Å². The normalized spacial score (nSPS) is 15.6. The van der Waals surface area contributed by atoms with Crippen LogP contribution in [0.4, 0.5) is 0 Å². The van der Waals surface area contributed by atoms with E-state index in [-0.39, 0.29) is 12.2 Å². The Kier molecular flexibility index (Phi) is 5.15. The fourth-order valence-corrected chi connectivity index (χ4v) is 1.68. The Labute approximate surface area is 126 Å². The summed E-state index contributed by atoms with van der Waals surface area (Å²) in [6.07, 6.45) is -0.0309. The minimum absolute atomic E-state index is 0.0309. The molecule has 0 amide bonds. The first-order valence-corrected chi connectivity index (χ1v) is 6.99. The van der Waals surface area contributed by atoms with E-state index in [1.165, 1.54) is 0 Å². The number of rotatable bonds is 4. The standard InChI is InChI=1S/C10H7Br2Cl3O/c11-9(13,10(12,14)15)6-8(16)7-4-2-1-3-5-7/h1-5H,6H2. The Bertz CT molecular complexity index is 373. The lowest BCUT2D eigenvalue weighted by molar-refractivity contribution is 0.0979. The number of ketones is 1. The van der Waals surface area contributed by atoms with E-state index in [2.05, 4.69) is 31.9 Å². The molecule has 0 saturated heterocycles. The predicted molar refractivity (Wildman–Crippen MR) is 76.3 cm³/mol. The van der Waals surface area contributed by atoms with E-state index < -0.39 is 7.03 Å². The van der Waals surface area contributed by atoms with Crippen LogP contribution in [0.15, 0.2) is 30.3 Å². The second kappa shape index (κ2) is 5.57. The van der Waals surface area contributed by atoms with Crippen molar-refractivity contribution >= 4 is 72.4 Å². The highest BCUT2D eigenvalue weighted by Gasteiger charge is 2.46. The van der Waals surface area contributed by atoms with E-state index in [9.17, 15) is 4.79 Å². The number of hydrogen-bond donors (Lipinski definition) is 0. The van der Waals surface area contributed by atoms with E-state index in [1.54, 1.807) is 24.3 Å². The topological polar surface area (TPSA) is 17.1 Å². The van der Waals surface area contributed by atoms with E-state index >= 15 is 0 Å². The minimum Gasteiger partial charge on any atom is -0.294 e. The van der Waals surface area contributed by atoms with Gasteiger partial charge in [0.05, 0.1) is 0 Å². The van der Waals surface area contributed by atoms with Crippen molar-refractivity contribution < 1.29 is 4.79 Å². The molecular formula is C10H7Br2Cl3O. The Morgan fingerprint density at radius 2 is 1.62 bits per heavy atom. The van der Waals surface area contributed by atoms with Crippen LogP contribution in [0.5, 0.6) is 0 Å². The summed E-state index contributed by atoms with van der Waals surface area (Å²) in [5.41, 5.74) is 0.567. The molecule has 1 nitrogen and oxygen atoms in total. The molecular weight excluding hydrogens is 402 g/mol. The van der Waals surface area contributed by atoms with Gasteiger partial charge in [0, 0.05) is 12.0 Å². The van der Waals surface area contributed by atoms with Crippen molar-refractivity contribution in [1.29, 1.82) is 0 Å². The molecule has 88 valence electrons. The first-order valence-electron chi connectivity index (χ1n) is 4.27. The molecule has 1 aromatic rings. The number of carbonyl (C=O) groups is 1. The predicted octanol–water partition coefficient (Wildman–Crippen LogP) is 5.12. The Balaban J connectivity index is 2.80. The summed E-state index contributed by atoms with van der Waals surface area (Å²) in [5.74, 6) is -0.141. The van der Waals surface area contributed by atoms with E-state index in [1.807, 2.05) is 6.07 Å². The molecule has 6 heteroatoms. The van der Waals surface area contributed by atoms with E-state index in [0.29, 0.717) is 5.56 Å². The SMILES string of the molecule is O=C(CC(Cl)(Br)C(Cl)(Cl)Br)c1ccccc1. The summed E-state index contributed by atoms with van der Waals surface area (Å²) in [6, 6.07) is 8.80. The quantitative estimate of drug-likeness (QED) is 0.499. The van der Waals surface area contributed by atoms with Gasteiger partial charge in [-0.15, -0.1) is 11.6 Å². The molecule has 0 bridgehead atoms. The fraction of sp³-hybridized carbons (Fsp3) is 0.300. The van der Waals surface area contributed by atoms with Gasteiger partial charge in [-0.2, -0.15) is 0 Å². The zero-order chi connectivity index (χ0) is 12.4. The second-order valence-corrected chi connectivity index (χ2v) is 9.05. The second-order valence-electron chi connectivity index (χ2n) is 3.17. The molecule has 0 saturated carbocycles. The summed E-state index contributed by atoms with van der Waals surface area (Å²) in [4.78, 5) is 11.9. The van der Waals surface area contributed by atoms with E-state index in [4.69, 9.17) is 34.8 Å². The van der Waals surface area contributed by atoms with Crippen LogP contribution >= 0.6 is 66.7 Å². The molecule has 0 spiro atoms. The van der Waals surface area contributed by atoms with Crippen LogP contribution in [0, 0.1) is 0 Å². The van der Waals surface area contributed by atoms with Crippen molar-refractivity contribution in [2.45, 2.75) is 13.4 Å². The van der Waals surface area contributed by atoms with Gasteiger partial charge in [0.15, 0.2) is 5.78 Å². The molecule has 0 aliphatic rings. The third-order valence-corrected chi connectivity index (χ3v) is 5.92. The molecule has 0 radical (unpaired) electrons. The van der Waals surface area contributed by atoms with Gasteiger partial charge in [0.1, 0.15) is 3.78 Å². The van der Waals surface area contributed by atoms with Gasteiger partial charge in [0.2, 0.25) is 3.24 Å². The average Bonchev–Trinajstić information content (AvgIpc) is 2.16. The molecule has 0 aliphatic carbocycles. The Morgan fingerprint density at radius 1 is 1.12 bits per heavy atom. The van der Waals surface area contributed by atoms with Crippen LogP contribution in [0.3, 0.4) is 0 Å². The van der Waals surface area contributed by atoms with Crippen molar-refractivity contribution in [1.82, 2.24) is 0 Å². The van der Waals surface area contributed by atoms with Crippen LogP contribution in [0.1, 0.15) is 16.8 Å². The number of Topliss-reactive ketones (excluding diaryl/α,β-unsaturated/α-hetero) is 1. The van der Waals surface area contributed by atoms with Gasteiger partial charge in [-0.1, -0.05) is 69.5 Å². The highest BCUT2D eigenvalue weighted by molar-refractivity contribution is 9.13. The largest absolute Gasteiger partial charge is 0.294 e. The maximum atomic E-state index is 11.9. The number of benzene rings is 1. The van der Waals surface area contributed by atoms with Gasteiger partial charge in [-0.25, -0.2) is 0 Å². The number of alkyl halides is 5. The molecule has 1 rings (SSSR count). The van der Waals surface area contributed by atoms with Crippen molar-refractivity contribution in [3.05, 3.63) is 35.9 Å². The smallest absolute Gasteiger partial charge is 0.201 e. The molecule has 16 heavy (non-hydrogen) atoms. The lowest BCUT2D eigenvalue weighted by Gasteiger charge is -2.27. The first kappa shape index (κ1) is 14.8. The summed E-state index contributed by atoms with van der Waals surface area (Å²) in [5, 5.41) is 0. The molecule has 0 heterocycles. The van der Waals surface area contributed by atoms with E-state index in [0.717, 1.165) is 0 Å². The summed E-state index contributed by atoms with van der Waals surface area (Å²) < 4.78 is -2.68. The van der Waals surface area contributed by atoms with Crippen molar-refractivity contribution in [2.24, 2.45) is 0 Å². The third kappa shape index (κ3) is 3.88. The maximum Gasteiger partial charge on any atom is 0.201 e. The van der Waals surface area contributed by atoms with Gasteiger partial charge < -0.3 is 0 Å². The zero-order valence-corrected chi connectivity index (χ0v) is 13.3. The first-order chi connectivity index (χ1) is 7.24. The molecule has 0 fully saturated rings. The minimum atomic E-state index is -1.42. The molecule has 1 unspecified atom stereocenters. The molecule has 0 aliphatic heterocycles. The summed E-state index contributed by atoms with van der Waals surface area (Å²) >= 11 is 23.8.